The van der Waals surface area contributed by atoms with Crippen LogP contribution in [0.25, 0.3) is 0 Å². The minimum Gasteiger partial charge on any atom is -0.346 e. The largest absolute Gasteiger partial charge is 0.346 e. The van der Waals surface area contributed by atoms with Gasteiger partial charge in [0.2, 0.25) is 5.91 Å². The van der Waals surface area contributed by atoms with Crippen molar-refractivity contribution in [3.8, 4) is 0 Å². The van der Waals surface area contributed by atoms with Crippen LogP contribution in [0.1, 0.15) is 27.7 Å². The lowest BCUT2D eigenvalue weighted by atomic mass is 9.95. The van der Waals surface area contributed by atoms with Crippen LogP contribution in [0.4, 0.5) is 0 Å². The van der Waals surface area contributed by atoms with E-state index in [2.05, 4.69) is 0 Å². The molecule has 0 N–H and O–H groups in total. The van der Waals surface area contributed by atoms with Gasteiger partial charge in [0.1, 0.15) is 0 Å². The Hall–Kier alpha value is -0.530. The van der Waals surface area contributed by atoms with Crippen LogP contribution in [-0.4, -0.2) is 24.4 Å². The first-order valence-corrected chi connectivity index (χ1v) is 3.65. The summed E-state index contributed by atoms with van der Waals surface area (Å²) in [4.78, 5) is 13.1. The lowest BCUT2D eigenvalue weighted by Crippen LogP contribution is -2.36. The minimum atomic E-state index is -0.231. The third kappa shape index (κ3) is 2.38. The Morgan fingerprint density at radius 1 is 1.40 bits per heavy atom. The Morgan fingerprint density at radius 3 is 1.90 bits per heavy atom. The van der Waals surface area contributed by atoms with Crippen molar-refractivity contribution in [2.75, 3.05) is 13.6 Å². The summed E-state index contributed by atoms with van der Waals surface area (Å²) < 4.78 is 0. The van der Waals surface area contributed by atoms with Crippen molar-refractivity contribution in [3.05, 3.63) is 0 Å². The predicted molar refractivity (Wildman–Crippen MR) is 42.8 cm³/mol. The molecule has 0 rings (SSSR count). The van der Waals surface area contributed by atoms with E-state index in [1.165, 1.54) is 0 Å². The third-order valence-electron chi connectivity index (χ3n) is 1.46. The molecular weight excluding hydrogens is 126 g/mol. The van der Waals surface area contributed by atoms with E-state index in [1.54, 1.807) is 4.90 Å². The van der Waals surface area contributed by atoms with Gasteiger partial charge in [-0.3, -0.25) is 4.79 Å². The molecule has 0 aromatic rings. The first-order chi connectivity index (χ1) is 4.39. The molecular formula is C8H17NO. The maximum atomic E-state index is 11.3. The molecule has 10 heavy (non-hydrogen) atoms. The van der Waals surface area contributed by atoms with Gasteiger partial charge in [-0.25, -0.2) is 0 Å². The topological polar surface area (TPSA) is 20.3 Å². The maximum Gasteiger partial charge on any atom is 0.227 e. The summed E-state index contributed by atoms with van der Waals surface area (Å²) in [6, 6.07) is 0. The van der Waals surface area contributed by atoms with E-state index in [0.717, 1.165) is 6.54 Å². The molecule has 0 aromatic heterocycles. The molecule has 0 aliphatic heterocycles. The van der Waals surface area contributed by atoms with Gasteiger partial charge in [-0.1, -0.05) is 20.8 Å². The summed E-state index contributed by atoms with van der Waals surface area (Å²) in [5.41, 5.74) is -0.231. The van der Waals surface area contributed by atoms with E-state index in [9.17, 15) is 4.79 Å². The molecule has 2 heteroatoms. The highest BCUT2D eigenvalue weighted by Crippen LogP contribution is 2.15. The second-order valence-electron chi connectivity index (χ2n) is 3.57. The van der Waals surface area contributed by atoms with Crippen LogP contribution in [0, 0.1) is 5.41 Å². The summed E-state index contributed by atoms with van der Waals surface area (Å²) in [6.07, 6.45) is 0. The number of carbonyl (C=O) groups excluding carboxylic acids is 1. The van der Waals surface area contributed by atoms with Crippen LogP contribution >= 0.6 is 0 Å². The summed E-state index contributed by atoms with van der Waals surface area (Å²) in [6.45, 7) is 8.56. The van der Waals surface area contributed by atoms with Crippen LogP contribution in [-0.2, 0) is 4.79 Å². The fourth-order valence-corrected chi connectivity index (χ4v) is 0.716. The van der Waals surface area contributed by atoms with Gasteiger partial charge in [-0.05, 0) is 6.92 Å². The highest BCUT2D eigenvalue weighted by Gasteiger charge is 2.23. The third-order valence-corrected chi connectivity index (χ3v) is 1.46. The van der Waals surface area contributed by atoms with Crippen molar-refractivity contribution >= 4 is 5.91 Å². The number of carbonyl (C=O) groups is 1. The molecule has 0 radical (unpaired) electrons. The maximum absolute atomic E-state index is 11.3. The van der Waals surface area contributed by atoms with Crippen LogP contribution < -0.4 is 0 Å². The summed E-state index contributed by atoms with van der Waals surface area (Å²) in [7, 11) is 1.83. The fourth-order valence-electron chi connectivity index (χ4n) is 0.716. The van der Waals surface area contributed by atoms with Crippen LogP contribution in [0.15, 0.2) is 0 Å². The van der Waals surface area contributed by atoms with E-state index >= 15 is 0 Å². The Bertz CT molecular complexity index is 124. The molecule has 0 aliphatic carbocycles. The molecule has 0 atom stereocenters. The highest BCUT2D eigenvalue weighted by molar-refractivity contribution is 5.81. The van der Waals surface area contributed by atoms with Crippen molar-refractivity contribution in [2.45, 2.75) is 27.7 Å². The van der Waals surface area contributed by atoms with E-state index in [0.29, 0.717) is 0 Å². The predicted octanol–water partition coefficient (Wildman–Crippen LogP) is 1.51. The van der Waals surface area contributed by atoms with Gasteiger partial charge in [0.25, 0.3) is 0 Å². The monoisotopic (exact) mass is 143 g/mol. The van der Waals surface area contributed by atoms with Crippen LogP contribution in [0.3, 0.4) is 0 Å². The molecule has 0 heterocycles. The van der Waals surface area contributed by atoms with Gasteiger partial charge in [-0.2, -0.15) is 0 Å². The number of amides is 1. The smallest absolute Gasteiger partial charge is 0.227 e. The molecule has 60 valence electrons. The second-order valence-corrected chi connectivity index (χ2v) is 3.57. The lowest BCUT2D eigenvalue weighted by molar-refractivity contribution is -0.137. The van der Waals surface area contributed by atoms with Gasteiger partial charge in [-0.15, -0.1) is 0 Å². The summed E-state index contributed by atoms with van der Waals surface area (Å²) >= 11 is 0. The summed E-state index contributed by atoms with van der Waals surface area (Å²) in [5.74, 6) is 0.204. The molecule has 0 saturated heterocycles. The Kier molecular flexibility index (Phi) is 2.88. The van der Waals surface area contributed by atoms with Gasteiger partial charge >= 0.3 is 0 Å². The molecule has 1 amide bonds. The molecule has 0 aliphatic rings. The van der Waals surface area contributed by atoms with Gasteiger partial charge in [0.15, 0.2) is 0 Å². The molecule has 0 aromatic carbocycles. The standard InChI is InChI=1S/C8H17NO/c1-6-9(5)7(10)8(2,3)4/h6H2,1-5H3. The Morgan fingerprint density at radius 2 is 1.80 bits per heavy atom. The Labute approximate surface area is 63.2 Å². The van der Waals surface area contributed by atoms with Crippen molar-refractivity contribution in [2.24, 2.45) is 5.41 Å². The van der Waals surface area contributed by atoms with E-state index in [1.807, 2.05) is 34.7 Å². The van der Waals surface area contributed by atoms with Crippen molar-refractivity contribution in [1.29, 1.82) is 0 Å². The number of nitrogens with zero attached hydrogens (tertiary/aromatic N) is 1. The highest BCUT2D eigenvalue weighted by atomic mass is 16.2. The second kappa shape index (κ2) is 3.04. The zero-order chi connectivity index (χ0) is 8.36. The van der Waals surface area contributed by atoms with E-state index in [-0.39, 0.29) is 11.3 Å². The van der Waals surface area contributed by atoms with Crippen LogP contribution in [0.2, 0.25) is 0 Å². The molecule has 0 spiro atoms. The first kappa shape index (κ1) is 9.47. The molecule has 0 saturated carbocycles. The van der Waals surface area contributed by atoms with Crippen molar-refractivity contribution in [1.82, 2.24) is 4.90 Å². The molecule has 0 bridgehead atoms. The SMILES string of the molecule is CCN(C)C(=O)C(C)(C)C. The molecule has 0 fully saturated rings. The van der Waals surface area contributed by atoms with Crippen LogP contribution in [0.5, 0.6) is 0 Å². The average molecular weight is 143 g/mol. The molecule has 2 nitrogen and oxygen atoms in total. The quantitative estimate of drug-likeness (QED) is 0.545. The van der Waals surface area contributed by atoms with Crippen molar-refractivity contribution in [3.63, 3.8) is 0 Å². The van der Waals surface area contributed by atoms with Gasteiger partial charge in [0.05, 0.1) is 0 Å². The zero-order valence-corrected chi connectivity index (χ0v) is 7.56. The Balaban J connectivity index is 4.09. The van der Waals surface area contributed by atoms with Gasteiger partial charge in [0, 0.05) is 19.0 Å². The lowest BCUT2D eigenvalue weighted by Gasteiger charge is -2.24. The number of hydrogen-bond acceptors (Lipinski definition) is 1. The zero-order valence-electron chi connectivity index (χ0n) is 7.56. The summed E-state index contributed by atoms with van der Waals surface area (Å²) in [5, 5.41) is 0. The van der Waals surface area contributed by atoms with E-state index < -0.39 is 0 Å². The first-order valence-electron chi connectivity index (χ1n) is 3.65. The fraction of sp³-hybridized carbons (Fsp3) is 0.875. The van der Waals surface area contributed by atoms with E-state index in [4.69, 9.17) is 0 Å². The average Bonchev–Trinajstić information content (AvgIpc) is 1.83. The number of rotatable bonds is 1. The number of hydrogen-bond donors (Lipinski definition) is 0. The minimum absolute atomic E-state index is 0.204. The van der Waals surface area contributed by atoms with Gasteiger partial charge < -0.3 is 4.90 Å². The molecule has 0 unspecified atom stereocenters. The van der Waals surface area contributed by atoms with Crippen molar-refractivity contribution < 1.29 is 4.79 Å². The normalized spacial score (nSPS) is 11.3.